The maximum atomic E-state index is 13.8. The van der Waals surface area contributed by atoms with Gasteiger partial charge in [0.25, 0.3) is 0 Å². The van der Waals surface area contributed by atoms with E-state index < -0.39 is 29.2 Å². The van der Waals surface area contributed by atoms with Crippen molar-refractivity contribution in [3.63, 3.8) is 0 Å². The Bertz CT molecular complexity index is 1370. The van der Waals surface area contributed by atoms with E-state index in [1.54, 1.807) is 24.3 Å². The molecule has 4 N–H and O–H groups in total. The summed E-state index contributed by atoms with van der Waals surface area (Å²) in [6.07, 6.45) is -3.26. The van der Waals surface area contributed by atoms with Crippen LogP contribution in [0.1, 0.15) is 46.7 Å². The molecule has 2 amide bonds. The molecule has 2 fully saturated rings. The van der Waals surface area contributed by atoms with E-state index in [0.29, 0.717) is 31.6 Å². The Morgan fingerprint density at radius 3 is 2.37 bits per heavy atom. The van der Waals surface area contributed by atoms with Crippen LogP contribution in [0.5, 0.6) is 0 Å². The smallest absolute Gasteiger partial charge is 0.419 e. The molecule has 1 aromatic heterocycles. The Kier molecular flexibility index (Phi) is 6.46. The molecule has 0 radical (unpaired) electrons. The molecule has 0 atom stereocenters. The van der Waals surface area contributed by atoms with Gasteiger partial charge >= 0.3 is 12.3 Å². The lowest BCUT2D eigenvalue weighted by molar-refractivity contribution is -0.138. The third-order valence-corrected chi connectivity index (χ3v) is 7.35. The fourth-order valence-electron chi connectivity index (χ4n) is 4.95. The lowest BCUT2D eigenvalue weighted by atomic mass is 9.88. The molecule has 38 heavy (non-hydrogen) atoms. The van der Waals surface area contributed by atoms with E-state index in [9.17, 15) is 22.8 Å². The van der Waals surface area contributed by atoms with Crippen LogP contribution in [0.4, 0.5) is 29.6 Å². The average molecular weight is 526 g/mol. The minimum atomic E-state index is -4.62. The van der Waals surface area contributed by atoms with Crippen molar-refractivity contribution in [3.05, 3.63) is 82.7 Å². The van der Waals surface area contributed by atoms with Crippen molar-refractivity contribution in [2.75, 3.05) is 18.4 Å². The number of likely N-dealkylation sites (tertiary alicyclic amines) is 1. The second-order valence-electron chi connectivity index (χ2n) is 9.79. The summed E-state index contributed by atoms with van der Waals surface area (Å²) in [5.74, 6) is -0.274. The van der Waals surface area contributed by atoms with Crippen molar-refractivity contribution in [3.8, 4) is 0 Å². The van der Waals surface area contributed by atoms with E-state index in [-0.39, 0.29) is 30.4 Å². The highest BCUT2D eigenvalue weighted by Crippen LogP contribution is 2.49. The van der Waals surface area contributed by atoms with Gasteiger partial charge < -0.3 is 21.1 Å². The van der Waals surface area contributed by atoms with Crippen LogP contribution in [0.25, 0.3) is 0 Å². The minimum absolute atomic E-state index is 0.00140. The number of rotatable bonds is 8. The Labute approximate surface area is 216 Å². The summed E-state index contributed by atoms with van der Waals surface area (Å²) >= 11 is 0. The van der Waals surface area contributed by atoms with Gasteiger partial charge in [-0.1, -0.05) is 36.4 Å². The van der Waals surface area contributed by atoms with Gasteiger partial charge in [-0.3, -0.25) is 4.79 Å². The monoisotopic (exact) mass is 525 g/mol. The first-order valence-electron chi connectivity index (χ1n) is 12.2. The Hall–Kier alpha value is -4.15. The summed E-state index contributed by atoms with van der Waals surface area (Å²) in [4.78, 5) is 32.4. The van der Waals surface area contributed by atoms with Crippen LogP contribution in [0.3, 0.4) is 0 Å². The zero-order valence-corrected chi connectivity index (χ0v) is 20.3. The number of carboxylic acid groups (broad SMARTS) is 1. The number of alkyl halides is 3. The highest BCUT2D eigenvalue weighted by Gasteiger charge is 2.50. The number of anilines is 2. The Balaban J connectivity index is 1.33. The summed E-state index contributed by atoms with van der Waals surface area (Å²) in [7, 11) is 0. The van der Waals surface area contributed by atoms with Crippen molar-refractivity contribution in [2.45, 2.75) is 43.2 Å². The number of amides is 2. The molecule has 5 rings (SSSR count). The summed E-state index contributed by atoms with van der Waals surface area (Å²) in [6, 6.07) is 14.4. The number of nitrogens with two attached hydrogens (primary N) is 1. The van der Waals surface area contributed by atoms with Crippen LogP contribution in [0.15, 0.2) is 54.7 Å². The number of hydrogen-bond donors (Lipinski definition) is 3. The molecule has 11 heteroatoms. The Morgan fingerprint density at radius 1 is 1.08 bits per heavy atom. The third kappa shape index (κ3) is 5.00. The van der Waals surface area contributed by atoms with Crippen LogP contribution < -0.4 is 11.1 Å². The van der Waals surface area contributed by atoms with Gasteiger partial charge in [0.05, 0.1) is 16.7 Å². The molecule has 0 unspecified atom stereocenters. The van der Waals surface area contributed by atoms with E-state index in [1.807, 2.05) is 24.3 Å². The van der Waals surface area contributed by atoms with Crippen molar-refractivity contribution in [2.24, 2.45) is 5.73 Å². The van der Waals surface area contributed by atoms with Gasteiger partial charge in [0.1, 0.15) is 0 Å². The van der Waals surface area contributed by atoms with Gasteiger partial charge in [-0.25, -0.2) is 14.8 Å². The van der Waals surface area contributed by atoms with Crippen LogP contribution in [-0.4, -0.2) is 45.1 Å². The van der Waals surface area contributed by atoms with E-state index in [2.05, 4.69) is 15.3 Å². The van der Waals surface area contributed by atoms with E-state index in [4.69, 9.17) is 10.8 Å². The molecule has 1 aliphatic heterocycles. The largest absolute Gasteiger partial charge is 0.465 e. The number of nitrogens with zero attached hydrogens (tertiary/aromatic N) is 3. The fourth-order valence-corrected chi connectivity index (χ4v) is 4.95. The number of hydrogen-bond acceptors (Lipinski definition) is 5. The van der Waals surface area contributed by atoms with E-state index >= 15 is 0 Å². The minimum Gasteiger partial charge on any atom is -0.465 e. The maximum Gasteiger partial charge on any atom is 0.419 e. The highest BCUT2D eigenvalue weighted by molar-refractivity contribution is 5.90. The summed E-state index contributed by atoms with van der Waals surface area (Å²) in [6.45, 7) is 0.856. The number of carbonyl (C=O) groups excluding carboxylic acids is 1. The van der Waals surface area contributed by atoms with Crippen LogP contribution >= 0.6 is 0 Å². The first-order chi connectivity index (χ1) is 18.1. The van der Waals surface area contributed by atoms with Gasteiger partial charge in [-0.15, -0.1) is 0 Å². The summed E-state index contributed by atoms with van der Waals surface area (Å²) < 4.78 is 41.3. The molecule has 1 saturated heterocycles. The molecule has 8 nitrogen and oxygen atoms in total. The number of carbonyl (C=O) groups is 2. The van der Waals surface area contributed by atoms with Gasteiger partial charge in [0, 0.05) is 30.9 Å². The molecule has 198 valence electrons. The first kappa shape index (κ1) is 25.5. The summed E-state index contributed by atoms with van der Waals surface area (Å²) in [5, 5.41) is 11.9. The molecule has 3 aromatic rings. The molecule has 2 aromatic carbocycles. The molecule has 1 saturated carbocycles. The SMILES string of the molecule is NC(=O)C1(c2ccccc2CCc2nc(Nc3ccc(C4CN(C(=O)O)C4)cc3)ncc2C(F)(F)F)CC1. The van der Waals surface area contributed by atoms with Gasteiger partial charge in [-0.2, -0.15) is 13.2 Å². The van der Waals surface area contributed by atoms with Gasteiger partial charge in [0.2, 0.25) is 11.9 Å². The number of aryl methyl sites for hydroxylation is 2. The maximum absolute atomic E-state index is 13.8. The van der Waals surface area contributed by atoms with Gasteiger partial charge in [0.15, 0.2) is 0 Å². The quantitative estimate of drug-likeness (QED) is 0.395. The zero-order valence-electron chi connectivity index (χ0n) is 20.3. The number of halogens is 3. The number of aromatic nitrogens is 2. The van der Waals surface area contributed by atoms with Crippen LogP contribution in [-0.2, 0) is 29.2 Å². The predicted octanol–water partition coefficient (Wildman–Crippen LogP) is 4.62. The zero-order chi connectivity index (χ0) is 27.1. The van der Waals surface area contributed by atoms with Crippen LogP contribution in [0, 0.1) is 0 Å². The number of benzene rings is 2. The topological polar surface area (TPSA) is 121 Å². The fraction of sp³-hybridized carbons (Fsp3) is 0.333. The third-order valence-electron chi connectivity index (χ3n) is 7.35. The van der Waals surface area contributed by atoms with Gasteiger partial charge in [-0.05, 0) is 54.5 Å². The lowest BCUT2D eigenvalue weighted by Gasteiger charge is -2.37. The second-order valence-corrected chi connectivity index (χ2v) is 9.79. The summed E-state index contributed by atoms with van der Waals surface area (Å²) in [5.41, 5.74) is 6.96. The molecular formula is C27H26F3N5O3. The number of primary amides is 1. The molecular weight excluding hydrogens is 499 g/mol. The lowest BCUT2D eigenvalue weighted by Crippen LogP contribution is -2.47. The average Bonchev–Trinajstić information content (AvgIpc) is 3.64. The standard InChI is InChI=1S/C27H26F3N5O3/c28-27(29,30)21-13-32-24(33-19-8-5-16(6-9-19)18-14-35(15-18)25(37)38)34-22(21)10-7-17-3-1-2-4-20(17)26(11-12-26)23(31)36/h1-6,8-9,13,18H,7,10-12,14-15H2,(H2,31,36)(H,37,38)(H,32,33,34). The molecule has 0 spiro atoms. The van der Waals surface area contributed by atoms with E-state index in [0.717, 1.165) is 22.9 Å². The van der Waals surface area contributed by atoms with Crippen molar-refractivity contribution in [1.82, 2.24) is 14.9 Å². The second kappa shape index (κ2) is 9.62. The van der Waals surface area contributed by atoms with E-state index in [1.165, 1.54) is 4.90 Å². The van der Waals surface area contributed by atoms with Crippen molar-refractivity contribution in [1.29, 1.82) is 0 Å². The molecule has 2 aliphatic rings. The number of nitrogens with one attached hydrogen (secondary N) is 1. The highest BCUT2D eigenvalue weighted by atomic mass is 19.4. The normalized spacial score (nSPS) is 16.6. The predicted molar refractivity (Wildman–Crippen MR) is 133 cm³/mol. The van der Waals surface area contributed by atoms with Crippen molar-refractivity contribution >= 4 is 23.6 Å². The molecule has 2 heterocycles. The molecule has 1 aliphatic carbocycles. The van der Waals surface area contributed by atoms with Crippen LogP contribution in [0.2, 0.25) is 0 Å². The molecule has 0 bridgehead atoms. The first-order valence-corrected chi connectivity index (χ1v) is 12.2. The Morgan fingerprint density at radius 2 is 1.76 bits per heavy atom. The van der Waals surface area contributed by atoms with Crippen molar-refractivity contribution < 1.29 is 27.9 Å².